The molecule has 0 saturated carbocycles. The number of imidazole rings is 1. The van der Waals surface area contributed by atoms with Gasteiger partial charge in [-0.05, 0) is 25.7 Å². The predicted octanol–water partition coefficient (Wildman–Crippen LogP) is 0.602. The van der Waals surface area contributed by atoms with Crippen molar-refractivity contribution in [3.63, 3.8) is 0 Å². The average molecular weight is 442 g/mol. The lowest BCUT2D eigenvalue weighted by molar-refractivity contribution is -0.127. The third-order valence-corrected chi connectivity index (χ3v) is 7.64. The van der Waals surface area contributed by atoms with Gasteiger partial charge in [0.1, 0.15) is 5.82 Å². The monoisotopic (exact) mass is 441 g/mol. The number of sulfonamides is 1. The number of nitrogens with zero attached hydrogens (tertiary/aromatic N) is 4. The smallest absolute Gasteiger partial charge is 0.262 e. The van der Waals surface area contributed by atoms with Crippen LogP contribution in [0, 0.1) is 18.8 Å². The van der Waals surface area contributed by atoms with E-state index < -0.39 is 10.0 Å². The third-order valence-electron chi connectivity index (χ3n) is 5.87. The Labute approximate surface area is 179 Å². The Hall–Kier alpha value is -1.49. The van der Waals surface area contributed by atoms with E-state index in [2.05, 4.69) is 29.0 Å². The minimum absolute atomic E-state index is 0.00862. The van der Waals surface area contributed by atoms with Crippen LogP contribution in [-0.4, -0.2) is 85.1 Å². The molecule has 0 bridgehead atoms. The van der Waals surface area contributed by atoms with Crippen molar-refractivity contribution >= 4 is 15.9 Å². The zero-order chi connectivity index (χ0) is 21.9. The summed E-state index contributed by atoms with van der Waals surface area (Å²) in [5.74, 6) is 1.08. The minimum atomic E-state index is -3.61. The van der Waals surface area contributed by atoms with Crippen LogP contribution in [0.25, 0.3) is 0 Å². The van der Waals surface area contributed by atoms with Gasteiger partial charge in [-0.3, -0.25) is 9.69 Å². The van der Waals surface area contributed by atoms with Gasteiger partial charge in [0, 0.05) is 58.4 Å². The molecular formula is C20H35N5O4S. The molecule has 1 aromatic heterocycles. The van der Waals surface area contributed by atoms with Crippen molar-refractivity contribution in [3.05, 3.63) is 12.0 Å². The molecule has 10 heteroatoms. The van der Waals surface area contributed by atoms with Crippen molar-refractivity contribution in [1.29, 1.82) is 0 Å². The van der Waals surface area contributed by atoms with Gasteiger partial charge in [-0.1, -0.05) is 13.8 Å². The van der Waals surface area contributed by atoms with Crippen LogP contribution in [0.15, 0.2) is 11.2 Å². The van der Waals surface area contributed by atoms with Crippen LogP contribution in [0.4, 0.5) is 0 Å². The summed E-state index contributed by atoms with van der Waals surface area (Å²) in [7, 11) is -1.84. The topological polar surface area (TPSA) is 96.8 Å². The molecule has 0 aromatic carbocycles. The van der Waals surface area contributed by atoms with Crippen LogP contribution < -0.4 is 5.32 Å². The van der Waals surface area contributed by atoms with Crippen LogP contribution in [0.1, 0.15) is 32.5 Å². The number of carbonyl (C=O) groups is 1. The highest BCUT2D eigenvalue weighted by molar-refractivity contribution is 7.89. The molecule has 9 nitrogen and oxygen atoms in total. The second-order valence-electron chi connectivity index (χ2n) is 8.81. The number of hydrogen-bond acceptors (Lipinski definition) is 6. The van der Waals surface area contributed by atoms with E-state index in [9.17, 15) is 13.2 Å². The highest BCUT2D eigenvalue weighted by atomic mass is 32.2. The second kappa shape index (κ2) is 9.76. The van der Waals surface area contributed by atoms with Gasteiger partial charge in [-0.25, -0.2) is 13.4 Å². The van der Waals surface area contributed by atoms with Gasteiger partial charge >= 0.3 is 0 Å². The highest BCUT2D eigenvalue weighted by Gasteiger charge is 2.34. The van der Waals surface area contributed by atoms with Crippen molar-refractivity contribution in [3.8, 4) is 0 Å². The van der Waals surface area contributed by atoms with E-state index in [1.165, 1.54) is 10.5 Å². The quantitative estimate of drug-likeness (QED) is 0.666. The summed E-state index contributed by atoms with van der Waals surface area (Å²) in [6.07, 6.45) is 2.58. The lowest BCUT2D eigenvalue weighted by Gasteiger charge is -2.34. The van der Waals surface area contributed by atoms with Crippen molar-refractivity contribution in [1.82, 2.24) is 24.1 Å². The van der Waals surface area contributed by atoms with Crippen LogP contribution in [0.2, 0.25) is 0 Å². The van der Waals surface area contributed by atoms with Crippen LogP contribution >= 0.6 is 0 Å². The van der Waals surface area contributed by atoms with E-state index in [1.807, 2.05) is 0 Å². The van der Waals surface area contributed by atoms with Crippen molar-refractivity contribution in [2.75, 3.05) is 45.9 Å². The Morgan fingerprint density at radius 1 is 1.30 bits per heavy atom. The van der Waals surface area contributed by atoms with Crippen LogP contribution in [0.3, 0.4) is 0 Å². The molecular weight excluding hydrogens is 406 g/mol. The Balaban J connectivity index is 1.46. The number of ether oxygens (including phenoxy) is 1. The van der Waals surface area contributed by atoms with Gasteiger partial charge in [-0.2, -0.15) is 4.31 Å². The summed E-state index contributed by atoms with van der Waals surface area (Å²) < 4.78 is 34.5. The summed E-state index contributed by atoms with van der Waals surface area (Å²) in [6, 6.07) is 0. The molecule has 30 heavy (non-hydrogen) atoms. The second-order valence-corrected chi connectivity index (χ2v) is 10.7. The molecule has 3 rings (SSSR count). The average Bonchev–Trinajstić information content (AvgIpc) is 3.05. The molecule has 2 saturated heterocycles. The Kier molecular flexibility index (Phi) is 7.54. The lowest BCUT2D eigenvalue weighted by Crippen LogP contribution is -2.50. The number of amides is 1. The number of morpholine rings is 1. The van der Waals surface area contributed by atoms with Crippen LogP contribution in [-0.2, 0) is 26.6 Å². The zero-order valence-electron chi connectivity index (χ0n) is 18.5. The predicted molar refractivity (Wildman–Crippen MR) is 113 cm³/mol. The molecule has 1 N–H and O–H groups in total. The lowest BCUT2D eigenvalue weighted by atomic mass is 9.97. The first kappa shape index (κ1) is 23.2. The van der Waals surface area contributed by atoms with Crippen molar-refractivity contribution in [2.24, 2.45) is 18.9 Å². The molecule has 1 atom stereocenters. The molecule has 1 aromatic rings. The largest absolute Gasteiger partial charge is 0.374 e. The SMILES string of the molecule is Cc1nc(S(=O)(=O)N2CCC(C(=O)NCC3CN(CC(C)C)CCO3)CC2)cn1C. The van der Waals surface area contributed by atoms with Crippen molar-refractivity contribution in [2.45, 2.75) is 44.7 Å². The van der Waals surface area contributed by atoms with Gasteiger partial charge in [0.25, 0.3) is 10.0 Å². The Morgan fingerprint density at radius 2 is 2.00 bits per heavy atom. The van der Waals surface area contributed by atoms with E-state index in [4.69, 9.17) is 4.74 Å². The van der Waals surface area contributed by atoms with Gasteiger partial charge in [0.2, 0.25) is 5.91 Å². The van der Waals surface area contributed by atoms with Gasteiger partial charge < -0.3 is 14.6 Å². The number of carbonyl (C=O) groups excluding carboxylic acids is 1. The molecule has 1 amide bonds. The van der Waals surface area contributed by atoms with E-state index in [1.54, 1.807) is 18.5 Å². The van der Waals surface area contributed by atoms with E-state index >= 15 is 0 Å². The molecule has 2 aliphatic rings. The maximum atomic E-state index is 12.8. The maximum Gasteiger partial charge on any atom is 0.262 e. The standard InChI is InChI=1S/C20H35N5O4S/c1-15(2)12-24-9-10-29-18(13-24)11-21-20(26)17-5-7-25(8-6-17)30(27,28)19-14-23(4)16(3)22-19/h14-15,17-18H,5-13H2,1-4H3,(H,21,26). The van der Waals surface area contributed by atoms with E-state index in [0.717, 1.165) is 19.6 Å². The van der Waals surface area contributed by atoms with Gasteiger partial charge in [0.05, 0.1) is 12.7 Å². The molecule has 2 fully saturated rings. The summed E-state index contributed by atoms with van der Waals surface area (Å²) in [6.45, 7) is 10.8. The summed E-state index contributed by atoms with van der Waals surface area (Å²) in [5, 5.41) is 3.09. The number of aromatic nitrogens is 2. The highest BCUT2D eigenvalue weighted by Crippen LogP contribution is 2.23. The number of rotatable bonds is 7. The molecule has 0 aliphatic carbocycles. The maximum absolute atomic E-state index is 12.8. The number of nitrogens with one attached hydrogen (secondary N) is 1. The van der Waals surface area contributed by atoms with E-state index in [-0.39, 0.29) is 23.0 Å². The Morgan fingerprint density at radius 3 is 2.60 bits per heavy atom. The normalized spacial score (nSPS) is 22.5. The molecule has 170 valence electrons. The first-order valence-electron chi connectivity index (χ1n) is 10.8. The minimum Gasteiger partial charge on any atom is -0.374 e. The molecule has 1 unspecified atom stereocenters. The number of piperidine rings is 1. The fourth-order valence-electron chi connectivity index (χ4n) is 4.09. The van der Waals surface area contributed by atoms with Gasteiger partial charge in [0.15, 0.2) is 5.03 Å². The number of aryl methyl sites for hydroxylation is 2. The first-order valence-corrected chi connectivity index (χ1v) is 12.2. The zero-order valence-corrected chi connectivity index (χ0v) is 19.3. The van der Waals surface area contributed by atoms with E-state index in [0.29, 0.717) is 50.8 Å². The summed E-state index contributed by atoms with van der Waals surface area (Å²) in [4.78, 5) is 19.1. The van der Waals surface area contributed by atoms with Crippen LogP contribution in [0.5, 0.6) is 0 Å². The molecule has 3 heterocycles. The van der Waals surface area contributed by atoms with Gasteiger partial charge in [-0.15, -0.1) is 0 Å². The fraction of sp³-hybridized carbons (Fsp3) is 0.800. The summed E-state index contributed by atoms with van der Waals surface area (Å²) in [5.41, 5.74) is 0. The molecule has 2 aliphatic heterocycles. The fourth-order valence-corrected chi connectivity index (χ4v) is 5.58. The molecule has 0 radical (unpaired) electrons. The Bertz CT molecular complexity index is 811. The number of hydrogen-bond donors (Lipinski definition) is 1. The summed E-state index contributed by atoms with van der Waals surface area (Å²) >= 11 is 0. The molecule has 0 spiro atoms. The van der Waals surface area contributed by atoms with Crippen molar-refractivity contribution < 1.29 is 17.9 Å². The third kappa shape index (κ3) is 5.60. The first-order chi connectivity index (χ1) is 14.2.